The third-order valence-electron chi connectivity index (χ3n) is 2.21. The van der Waals surface area contributed by atoms with Crippen LogP contribution in [0.15, 0.2) is 48.5 Å². The maximum absolute atomic E-state index is 10.6. The Morgan fingerprint density at radius 2 is 1.80 bits per heavy atom. The van der Waals surface area contributed by atoms with Crippen LogP contribution in [0.25, 0.3) is 11.1 Å². The third kappa shape index (κ3) is 2.08. The van der Waals surface area contributed by atoms with E-state index in [1.54, 1.807) is 6.07 Å². The normalized spacial score (nSPS) is 9.93. The molecule has 0 aliphatic heterocycles. The molecule has 0 spiro atoms. The van der Waals surface area contributed by atoms with Gasteiger partial charge in [-0.2, -0.15) is 0 Å². The van der Waals surface area contributed by atoms with Gasteiger partial charge in [-0.15, -0.1) is 0 Å². The molecular formula is C13H9ClO. The topological polar surface area (TPSA) is 17.1 Å². The Hall–Kier alpha value is -1.60. The number of rotatable bonds is 2. The van der Waals surface area contributed by atoms with Gasteiger partial charge in [0.2, 0.25) is 0 Å². The predicted octanol–water partition coefficient (Wildman–Crippen LogP) is 3.82. The summed E-state index contributed by atoms with van der Waals surface area (Å²) in [5.74, 6) is 0. The molecule has 0 aliphatic carbocycles. The van der Waals surface area contributed by atoms with E-state index in [-0.39, 0.29) is 0 Å². The Balaban J connectivity index is 2.54. The lowest BCUT2D eigenvalue weighted by molar-refractivity contribution is 0.112. The molecular weight excluding hydrogens is 208 g/mol. The van der Waals surface area contributed by atoms with Gasteiger partial charge >= 0.3 is 0 Å². The molecule has 2 aromatic carbocycles. The number of hydrogen-bond acceptors (Lipinski definition) is 1. The van der Waals surface area contributed by atoms with Gasteiger partial charge in [0.1, 0.15) is 6.29 Å². The third-order valence-corrected chi connectivity index (χ3v) is 2.54. The largest absolute Gasteiger partial charge is 0.298 e. The molecule has 0 fully saturated rings. The van der Waals surface area contributed by atoms with Crippen molar-refractivity contribution in [3.05, 3.63) is 59.1 Å². The zero-order chi connectivity index (χ0) is 10.7. The Morgan fingerprint density at radius 1 is 1.00 bits per heavy atom. The lowest BCUT2D eigenvalue weighted by Gasteiger charge is -2.04. The highest BCUT2D eigenvalue weighted by molar-refractivity contribution is 6.33. The monoisotopic (exact) mass is 216 g/mol. The van der Waals surface area contributed by atoms with Gasteiger partial charge < -0.3 is 0 Å². The molecule has 0 saturated heterocycles. The van der Waals surface area contributed by atoms with Crippen molar-refractivity contribution in [2.24, 2.45) is 0 Å². The number of aldehydes is 1. The van der Waals surface area contributed by atoms with Gasteiger partial charge in [0.05, 0.1) is 0 Å². The Kier molecular flexibility index (Phi) is 2.84. The number of hydrogen-bond donors (Lipinski definition) is 0. The molecule has 2 aromatic rings. The van der Waals surface area contributed by atoms with Crippen LogP contribution in [0, 0.1) is 0 Å². The summed E-state index contributed by atoms with van der Waals surface area (Å²) in [5, 5.41) is 0.695. The minimum Gasteiger partial charge on any atom is -0.298 e. The van der Waals surface area contributed by atoms with E-state index < -0.39 is 0 Å². The average Bonchev–Trinajstić information content (AvgIpc) is 2.30. The first-order valence-electron chi connectivity index (χ1n) is 4.61. The van der Waals surface area contributed by atoms with Gasteiger partial charge in [-0.3, -0.25) is 4.79 Å². The number of benzene rings is 2. The van der Waals surface area contributed by atoms with Crippen LogP contribution < -0.4 is 0 Å². The highest BCUT2D eigenvalue weighted by atomic mass is 35.5. The molecule has 0 unspecified atom stereocenters. The molecule has 15 heavy (non-hydrogen) atoms. The first kappa shape index (κ1) is 9.94. The van der Waals surface area contributed by atoms with Crippen molar-refractivity contribution >= 4 is 17.9 Å². The number of carbonyl (C=O) groups excluding carboxylic acids is 1. The van der Waals surface area contributed by atoms with Crippen LogP contribution in [0.2, 0.25) is 5.02 Å². The lowest BCUT2D eigenvalue weighted by Crippen LogP contribution is -1.83. The molecule has 0 radical (unpaired) electrons. The van der Waals surface area contributed by atoms with Gasteiger partial charge in [-0.1, -0.05) is 48.0 Å². The standard InChI is InChI=1S/C13H9ClO/c14-13-7-2-1-6-12(13)11-5-3-4-10(8-11)9-15/h1-9H. The summed E-state index contributed by atoms with van der Waals surface area (Å²) < 4.78 is 0. The maximum atomic E-state index is 10.6. The second-order valence-corrected chi connectivity index (χ2v) is 3.63. The molecule has 2 heteroatoms. The van der Waals surface area contributed by atoms with Gasteiger partial charge in [0.15, 0.2) is 0 Å². The molecule has 1 nitrogen and oxygen atoms in total. The summed E-state index contributed by atoms with van der Waals surface area (Å²) in [6, 6.07) is 15.0. The molecule has 74 valence electrons. The number of carbonyl (C=O) groups is 1. The molecule has 0 N–H and O–H groups in total. The second kappa shape index (κ2) is 4.28. The fraction of sp³-hybridized carbons (Fsp3) is 0. The van der Waals surface area contributed by atoms with E-state index in [9.17, 15) is 4.79 Å². The van der Waals surface area contributed by atoms with Crippen LogP contribution in [0.4, 0.5) is 0 Å². The fourth-order valence-corrected chi connectivity index (χ4v) is 1.72. The Morgan fingerprint density at radius 3 is 2.53 bits per heavy atom. The van der Waals surface area contributed by atoms with Gasteiger partial charge in [-0.05, 0) is 17.7 Å². The van der Waals surface area contributed by atoms with Crippen molar-refractivity contribution in [1.29, 1.82) is 0 Å². The van der Waals surface area contributed by atoms with Crippen molar-refractivity contribution in [1.82, 2.24) is 0 Å². The Labute approximate surface area is 93.3 Å². The van der Waals surface area contributed by atoms with Crippen LogP contribution in [0.5, 0.6) is 0 Å². The zero-order valence-corrected chi connectivity index (χ0v) is 8.74. The van der Waals surface area contributed by atoms with Gasteiger partial charge in [-0.25, -0.2) is 0 Å². The highest BCUT2D eigenvalue weighted by Gasteiger charge is 2.02. The van der Waals surface area contributed by atoms with E-state index in [0.29, 0.717) is 10.6 Å². The predicted molar refractivity (Wildman–Crippen MR) is 62.3 cm³/mol. The van der Waals surface area contributed by atoms with E-state index in [1.165, 1.54) is 0 Å². The highest BCUT2D eigenvalue weighted by Crippen LogP contribution is 2.27. The smallest absolute Gasteiger partial charge is 0.150 e. The van der Waals surface area contributed by atoms with Crippen molar-refractivity contribution < 1.29 is 4.79 Å². The van der Waals surface area contributed by atoms with E-state index in [1.807, 2.05) is 42.5 Å². The maximum Gasteiger partial charge on any atom is 0.150 e. The SMILES string of the molecule is O=Cc1cccc(-c2ccccc2Cl)c1. The quantitative estimate of drug-likeness (QED) is 0.698. The molecule has 0 aromatic heterocycles. The van der Waals surface area contributed by atoms with Crippen molar-refractivity contribution in [3.8, 4) is 11.1 Å². The van der Waals surface area contributed by atoms with E-state index in [2.05, 4.69) is 0 Å². The minimum atomic E-state index is 0.660. The Bertz CT molecular complexity index is 491. The van der Waals surface area contributed by atoms with Crippen molar-refractivity contribution in [2.75, 3.05) is 0 Å². The molecule has 0 amide bonds. The minimum absolute atomic E-state index is 0.660. The zero-order valence-electron chi connectivity index (χ0n) is 7.98. The molecule has 0 heterocycles. The van der Waals surface area contributed by atoms with Gasteiger partial charge in [0.25, 0.3) is 0 Å². The van der Waals surface area contributed by atoms with E-state index in [4.69, 9.17) is 11.6 Å². The first-order valence-corrected chi connectivity index (χ1v) is 4.99. The molecule has 0 atom stereocenters. The van der Waals surface area contributed by atoms with E-state index in [0.717, 1.165) is 17.4 Å². The summed E-state index contributed by atoms with van der Waals surface area (Å²) in [6.45, 7) is 0. The second-order valence-electron chi connectivity index (χ2n) is 3.22. The van der Waals surface area contributed by atoms with Crippen LogP contribution in [0.1, 0.15) is 10.4 Å². The summed E-state index contributed by atoms with van der Waals surface area (Å²) in [4.78, 5) is 10.6. The van der Waals surface area contributed by atoms with Crippen LogP contribution in [-0.2, 0) is 0 Å². The van der Waals surface area contributed by atoms with Crippen LogP contribution >= 0.6 is 11.6 Å². The summed E-state index contributed by atoms with van der Waals surface area (Å²) in [7, 11) is 0. The molecule has 0 bridgehead atoms. The first-order chi connectivity index (χ1) is 7.31. The summed E-state index contributed by atoms with van der Waals surface area (Å²) in [6.07, 6.45) is 0.834. The van der Waals surface area contributed by atoms with Crippen LogP contribution in [0.3, 0.4) is 0 Å². The fourth-order valence-electron chi connectivity index (χ4n) is 1.47. The average molecular weight is 217 g/mol. The molecule has 0 saturated carbocycles. The molecule has 2 rings (SSSR count). The van der Waals surface area contributed by atoms with Crippen LogP contribution in [-0.4, -0.2) is 6.29 Å². The summed E-state index contributed by atoms with van der Waals surface area (Å²) >= 11 is 6.07. The van der Waals surface area contributed by atoms with Gasteiger partial charge in [0, 0.05) is 16.1 Å². The van der Waals surface area contributed by atoms with Crippen molar-refractivity contribution in [3.63, 3.8) is 0 Å². The van der Waals surface area contributed by atoms with Crippen molar-refractivity contribution in [2.45, 2.75) is 0 Å². The number of halogens is 1. The van der Waals surface area contributed by atoms with E-state index >= 15 is 0 Å². The summed E-state index contributed by atoms with van der Waals surface area (Å²) in [5.41, 5.74) is 2.57. The molecule has 0 aliphatic rings. The lowest BCUT2D eigenvalue weighted by atomic mass is 10.0.